The Balaban J connectivity index is 2.20. The van der Waals surface area contributed by atoms with E-state index in [9.17, 15) is 5.11 Å². The van der Waals surface area contributed by atoms with Crippen LogP contribution in [0, 0.1) is 10.8 Å². The smallest absolute Gasteiger partial charge is 0.171 e. The van der Waals surface area contributed by atoms with Gasteiger partial charge >= 0.3 is 0 Å². The maximum atomic E-state index is 10.5. The Labute approximate surface area is 138 Å². The second-order valence-electron chi connectivity index (χ2n) is 8.26. The number of rotatable bonds is 0. The zero-order valence-corrected chi connectivity index (χ0v) is 14.8. The van der Waals surface area contributed by atoms with Crippen LogP contribution in [0.1, 0.15) is 52.8 Å². The molecule has 0 fully saturated rings. The topological polar surface area (TPSA) is 48.7 Å². The zero-order valence-electron chi connectivity index (χ0n) is 14.8. The van der Waals surface area contributed by atoms with Crippen LogP contribution in [-0.2, 0) is 0 Å². The van der Waals surface area contributed by atoms with Crippen molar-refractivity contribution in [1.29, 1.82) is 0 Å². The Morgan fingerprint density at radius 1 is 1.04 bits per heavy atom. The van der Waals surface area contributed by atoms with Gasteiger partial charge < -0.3 is 10.0 Å². The summed E-state index contributed by atoms with van der Waals surface area (Å²) in [5.41, 5.74) is 3.85. The van der Waals surface area contributed by atoms with Gasteiger partial charge in [0.05, 0.1) is 5.69 Å². The van der Waals surface area contributed by atoms with Crippen molar-refractivity contribution in [2.24, 2.45) is 15.8 Å². The van der Waals surface area contributed by atoms with Crippen LogP contribution in [-0.4, -0.2) is 27.1 Å². The van der Waals surface area contributed by atoms with Crippen molar-refractivity contribution in [2.45, 2.75) is 47.8 Å². The minimum atomic E-state index is -0.807. The van der Waals surface area contributed by atoms with E-state index in [1.165, 1.54) is 5.57 Å². The fourth-order valence-corrected chi connectivity index (χ4v) is 2.97. The highest BCUT2D eigenvalue weighted by Gasteiger charge is 2.35. The van der Waals surface area contributed by atoms with Crippen molar-refractivity contribution in [3.8, 4) is 0 Å². The van der Waals surface area contributed by atoms with Gasteiger partial charge in [0.1, 0.15) is 5.84 Å². The molecule has 1 unspecified atom stereocenters. The third kappa shape index (κ3) is 2.72. The van der Waals surface area contributed by atoms with Crippen LogP contribution < -0.4 is 0 Å². The number of allylic oxidation sites excluding steroid dienone is 1. The summed E-state index contributed by atoms with van der Waals surface area (Å²) in [4.78, 5) is 11.2. The molecule has 23 heavy (non-hydrogen) atoms. The number of aliphatic hydroxyl groups is 1. The first-order chi connectivity index (χ1) is 10.6. The highest BCUT2D eigenvalue weighted by atomic mass is 16.3. The van der Waals surface area contributed by atoms with Crippen molar-refractivity contribution in [3.63, 3.8) is 0 Å². The standard InChI is InChI=1S/C19H25N3O/c1-18(2,3)13-10-22-11-14(19(4,5)6)17(23)21-16(22)12-8-7-9-20-15(12)13/h7-11,17,23H,1-6H3. The molecule has 0 bridgehead atoms. The van der Waals surface area contributed by atoms with E-state index < -0.39 is 6.23 Å². The summed E-state index contributed by atoms with van der Waals surface area (Å²) in [6, 6.07) is 3.94. The van der Waals surface area contributed by atoms with Gasteiger partial charge in [-0.2, -0.15) is 0 Å². The lowest BCUT2D eigenvalue weighted by Gasteiger charge is -2.38. The molecule has 0 aromatic carbocycles. The number of amidine groups is 1. The van der Waals surface area contributed by atoms with Crippen molar-refractivity contribution >= 4 is 11.4 Å². The first-order valence-corrected chi connectivity index (χ1v) is 8.03. The maximum Gasteiger partial charge on any atom is 0.171 e. The van der Waals surface area contributed by atoms with Gasteiger partial charge in [0.2, 0.25) is 0 Å². The molecule has 0 amide bonds. The fraction of sp³-hybridized carbons (Fsp3) is 0.474. The molecule has 1 aromatic heterocycles. The van der Waals surface area contributed by atoms with E-state index in [4.69, 9.17) is 0 Å². The molecule has 3 heterocycles. The van der Waals surface area contributed by atoms with Crippen LogP contribution >= 0.6 is 0 Å². The largest absolute Gasteiger partial charge is 0.368 e. The van der Waals surface area contributed by atoms with Crippen LogP contribution in [0.2, 0.25) is 0 Å². The molecule has 122 valence electrons. The Bertz CT molecular complexity index is 730. The first kappa shape index (κ1) is 15.9. The van der Waals surface area contributed by atoms with Gasteiger partial charge in [-0.3, -0.25) is 4.98 Å². The van der Waals surface area contributed by atoms with E-state index in [2.05, 4.69) is 57.7 Å². The van der Waals surface area contributed by atoms with Crippen molar-refractivity contribution in [3.05, 3.63) is 47.6 Å². The molecule has 0 saturated carbocycles. The van der Waals surface area contributed by atoms with Gasteiger partial charge in [-0.05, 0) is 23.0 Å². The molecule has 0 radical (unpaired) electrons. The van der Waals surface area contributed by atoms with Gasteiger partial charge in [0.25, 0.3) is 0 Å². The van der Waals surface area contributed by atoms with E-state index in [1.807, 2.05) is 29.4 Å². The Morgan fingerprint density at radius 2 is 1.74 bits per heavy atom. The van der Waals surface area contributed by atoms with E-state index in [0.29, 0.717) is 0 Å². The molecular formula is C19H25N3O. The van der Waals surface area contributed by atoms with Gasteiger partial charge in [-0.15, -0.1) is 0 Å². The average molecular weight is 311 g/mol. The van der Waals surface area contributed by atoms with Crippen LogP contribution in [0.3, 0.4) is 0 Å². The van der Waals surface area contributed by atoms with E-state index in [0.717, 1.165) is 22.7 Å². The van der Waals surface area contributed by atoms with Gasteiger partial charge in [0, 0.05) is 35.3 Å². The molecular weight excluding hydrogens is 286 g/mol. The third-order valence-electron chi connectivity index (χ3n) is 4.29. The number of fused-ring (bicyclic) bond motifs is 3. The Kier molecular flexibility index (Phi) is 3.49. The zero-order chi connectivity index (χ0) is 17.0. The minimum Gasteiger partial charge on any atom is -0.368 e. The summed E-state index contributed by atoms with van der Waals surface area (Å²) in [6.07, 6.45) is 5.13. The number of aromatic nitrogens is 1. The van der Waals surface area contributed by atoms with Crippen LogP contribution in [0.15, 0.2) is 41.3 Å². The van der Waals surface area contributed by atoms with Gasteiger partial charge in [-0.25, -0.2) is 4.99 Å². The minimum absolute atomic E-state index is 0.0273. The summed E-state index contributed by atoms with van der Waals surface area (Å²) in [5, 5.41) is 10.5. The lowest BCUT2D eigenvalue weighted by Crippen LogP contribution is -2.37. The predicted molar refractivity (Wildman–Crippen MR) is 93.6 cm³/mol. The number of hydrogen-bond donors (Lipinski definition) is 1. The van der Waals surface area contributed by atoms with E-state index >= 15 is 0 Å². The second kappa shape index (κ2) is 5.03. The summed E-state index contributed by atoms with van der Waals surface area (Å²) in [7, 11) is 0. The van der Waals surface area contributed by atoms with E-state index in [-0.39, 0.29) is 10.8 Å². The molecule has 4 heteroatoms. The third-order valence-corrected chi connectivity index (χ3v) is 4.29. The molecule has 2 aliphatic rings. The van der Waals surface area contributed by atoms with Crippen molar-refractivity contribution < 1.29 is 5.11 Å². The average Bonchev–Trinajstić information content (AvgIpc) is 2.43. The van der Waals surface area contributed by atoms with Gasteiger partial charge in [0.15, 0.2) is 6.23 Å². The number of nitrogens with zero attached hydrogens (tertiary/aromatic N) is 3. The molecule has 0 aliphatic carbocycles. The molecule has 0 saturated heterocycles. The number of aliphatic imine (C=N–C) groups is 1. The van der Waals surface area contributed by atoms with Crippen LogP contribution in [0.25, 0.3) is 5.57 Å². The molecule has 3 rings (SSSR count). The fourth-order valence-electron chi connectivity index (χ4n) is 2.97. The SMILES string of the molecule is CC(C)(C)C1=CN2C=C(C(C)(C)C)C(O)N=C2c2cccnc21. The molecule has 0 spiro atoms. The summed E-state index contributed by atoms with van der Waals surface area (Å²) in [5.74, 6) is 0.765. The summed E-state index contributed by atoms with van der Waals surface area (Å²) in [6.45, 7) is 12.8. The molecule has 1 atom stereocenters. The second-order valence-corrected chi connectivity index (χ2v) is 8.26. The monoisotopic (exact) mass is 311 g/mol. The van der Waals surface area contributed by atoms with Crippen LogP contribution in [0.5, 0.6) is 0 Å². The van der Waals surface area contributed by atoms with E-state index in [1.54, 1.807) is 0 Å². The highest BCUT2D eigenvalue weighted by Crippen LogP contribution is 2.41. The Morgan fingerprint density at radius 3 is 2.35 bits per heavy atom. The quantitative estimate of drug-likeness (QED) is 0.793. The molecule has 2 aliphatic heterocycles. The van der Waals surface area contributed by atoms with Crippen molar-refractivity contribution in [2.75, 3.05) is 0 Å². The Hall–Kier alpha value is -1.94. The predicted octanol–water partition coefficient (Wildman–Crippen LogP) is 3.79. The molecule has 1 N–H and O–H groups in total. The first-order valence-electron chi connectivity index (χ1n) is 8.03. The number of pyridine rings is 1. The highest BCUT2D eigenvalue weighted by molar-refractivity contribution is 6.07. The molecule has 1 aromatic rings. The maximum absolute atomic E-state index is 10.5. The number of aliphatic hydroxyl groups excluding tert-OH is 1. The van der Waals surface area contributed by atoms with Crippen LogP contribution in [0.4, 0.5) is 0 Å². The summed E-state index contributed by atoms with van der Waals surface area (Å²) >= 11 is 0. The lowest BCUT2D eigenvalue weighted by atomic mass is 9.81. The van der Waals surface area contributed by atoms with Crippen molar-refractivity contribution in [1.82, 2.24) is 9.88 Å². The lowest BCUT2D eigenvalue weighted by molar-refractivity contribution is 0.187. The van der Waals surface area contributed by atoms with Gasteiger partial charge in [-0.1, -0.05) is 41.5 Å². The summed E-state index contributed by atoms with van der Waals surface area (Å²) < 4.78 is 0. The molecule has 4 nitrogen and oxygen atoms in total. The normalized spacial score (nSPS) is 21.1. The number of hydrogen-bond acceptors (Lipinski definition) is 4.